The number of ether oxygens (including phenoxy) is 1. The van der Waals surface area contributed by atoms with Crippen molar-refractivity contribution in [2.75, 3.05) is 6.54 Å². The Balaban J connectivity index is 2.01. The Labute approximate surface area is 126 Å². The molecule has 21 heavy (non-hydrogen) atoms. The van der Waals surface area contributed by atoms with E-state index in [1.807, 2.05) is 42.5 Å². The van der Waals surface area contributed by atoms with E-state index in [-0.39, 0.29) is 5.91 Å². The third-order valence-corrected chi connectivity index (χ3v) is 3.44. The second-order valence-electron chi connectivity index (χ2n) is 5.71. The molecule has 3 nitrogen and oxygen atoms in total. The molecular formula is C18H23NO2. The number of benzene rings is 2. The summed E-state index contributed by atoms with van der Waals surface area (Å²) in [5.41, 5.74) is 0. The van der Waals surface area contributed by atoms with E-state index in [9.17, 15) is 4.79 Å². The normalized spacial score (nSPS) is 12.4. The summed E-state index contributed by atoms with van der Waals surface area (Å²) in [6.07, 6.45) is 0.482. The Morgan fingerprint density at radius 1 is 1.10 bits per heavy atom. The van der Waals surface area contributed by atoms with E-state index in [4.69, 9.17) is 4.74 Å². The van der Waals surface area contributed by atoms with Crippen LogP contribution >= 0.6 is 0 Å². The highest BCUT2D eigenvalue weighted by Crippen LogP contribution is 2.25. The molecule has 0 bridgehead atoms. The molecule has 1 N–H and O–H groups in total. The zero-order chi connectivity index (χ0) is 15.2. The van der Waals surface area contributed by atoms with Crippen molar-refractivity contribution < 1.29 is 9.53 Å². The summed E-state index contributed by atoms with van der Waals surface area (Å²) in [6.45, 7) is 6.76. The van der Waals surface area contributed by atoms with Crippen molar-refractivity contribution in [2.24, 2.45) is 5.92 Å². The number of nitrogens with one attached hydrogen (secondary N) is 1. The minimum atomic E-state index is -0.497. The summed E-state index contributed by atoms with van der Waals surface area (Å²) >= 11 is 0. The van der Waals surface area contributed by atoms with Crippen LogP contribution in [0.3, 0.4) is 0 Å². The monoisotopic (exact) mass is 285 g/mol. The predicted octanol–water partition coefficient (Wildman–Crippen LogP) is 3.77. The summed E-state index contributed by atoms with van der Waals surface area (Å²) < 4.78 is 5.83. The molecule has 0 radical (unpaired) electrons. The maximum Gasteiger partial charge on any atom is 0.260 e. The van der Waals surface area contributed by atoms with Crippen molar-refractivity contribution in [3.05, 3.63) is 42.5 Å². The number of carbonyl (C=O) groups excluding carboxylic acids is 1. The van der Waals surface area contributed by atoms with Gasteiger partial charge >= 0.3 is 0 Å². The van der Waals surface area contributed by atoms with Crippen molar-refractivity contribution in [3.8, 4) is 5.75 Å². The maximum atomic E-state index is 12.0. The van der Waals surface area contributed by atoms with Crippen LogP contribution in [0.4, 0.5) is 0 Å². The molecule has 0 aromatic heterocycles. The van der Waals surface area contributed by atoms with Crippen LogP contribution in [0.25, 0.3) is 10.8 Å². The minimum absolute atomic E-state index is 0.0661. The smallest absolute Gasteiger partial charge is 0.260 e. The summed E-state index contributed by atoms with van der Waals surface area (Å²) in [6, 6.07) is 13.9. The van der Waals surface area contributed by atoms with Gasteiger partial charge in [0.25, 0.3) is 5.91 Å². The van der Waals surface area contributed by atoms with E-state index in [0.29, 0.717) is 12.5 Å². The van der Waals surface area contributed by atoms with Crippen molar-refractivity contribution in [1.82, 2.24) is 5.32 Å². The number of fused-ring (bicyclic) bond motifs is 1. The van der Waals surface area contributed by atoms with Gasteiger partial charge in [0.05, 0.1) is 0 Å². The van der Waals surface area contributed by atoms with E-state index in [0.717, 1.165) is 22.9 Å². The summed E-state index contributed by atoms with van der Waals surface area (Å²) in [7, 11) is 0. The second-order valence-corrected chi connectivity index (χ2v) is 5.71. The van der Waals surface area contributed by atoms with Gasteiger partial charge in [-0.1, -0.05) is 50.2 Å². The Kier molecular flexibility index (Phi) is 5.20. The largest absolute Gasteiger partial charge is 0.480 e. The van der Waals surface area contributed by atoms with Crippen LogP contribution in [0.5, 0.6) is 5.75 Å². The Morgan fingerprint density at radius 3 is 2.57 bits per heavy atom. The number of hydrogen-bond acceptors (Lipinski definition) is 2. The van der Waals surface area contributed by atoms with E-state index in [1.54, 1.807) is 6.92 Å². The molecule has 2 aromatic rings. The highest BCUT2D eigenvalue weighted by molar-refractivity contribution is 5.89. The van der Waals surface area contributed by atoms with Crippen LogP contribution in [0.1, 0.15) is 27.2 Å². The predicted molar refractivity (Wildman–Crippen MR) is 86.5 cm³/mol. The molecule has 1 unspecified atom stereocenters. The van der Waals surface area contributed by atoms with Crippen molar-refractivity contribution >= 4 is 16.7 Å². The first-order valence-corrected chi connectivity index (χ1v) is 7.50. The van der Waals surface area contributed by atoms with Gasteiger partial charge in [-0.25, -0.2) is 0 Å². The Morgan fingerprint density at radius 2 is 1.81 bits per heavy atom. The molecule has 2 rings (SSSR count). The second kappa shape index (κ2) is 7.11. The number of amides is 1. The van der Waals surface area contributed by atoms with E-state index in [1.165, 1.54) is 0 Å². The van der Waals surface area contributed by atoms with Gasteiger partial charge in [0, 0.05) is 11.9 Å². The van der Waals surface area contributed by atoms with Gasteiger partial charge in [-0.05, 0) is 30.7 Å². The zero-order valence-electron chi connectivity index (χ0n) is 12.9. The topological polar surface area (TPSA) is 38.3 Å². The van der Waals surface area contributed by atoms with Gasteiger partial charge in [-0.15, -0.1) is 0 Å². The SMILES string of the molecule is CC(C)CCNC(=O)C(C)Oc1cccc2ccccc12. The fourth-order valence-corrected chi connectivity index (χ4v) is 2.17. The first kappa shape index (κ1) is 15.4. The van der Waals surface area contributed by atoms with E-state index in [2.05, 4.69) is 19.2 Å². The molecular weight excluding hydrogens is 262 g/mol. The average Bonchev–Trinajstić information content (AvgIpc) is 2.47. The van der Waals surface area contributed by atoms with Gasteiger partial charge in [0.15, 0.2) is 6.10 Å². The highest BCUT2D eigenvalue weighted by Gasteiger charge is 2.15. The van der Waals surface area contributed by atoms with E-state index < -0.39 is 6.10 Å². The molecule has 0 aliphatic heterocycles. The van der Waals surface area contributed by atoms with Gasteiger partial charge in [0.2, 0.25) is 0 Å². The highest BCUT2D eigenvalue weighted by atomic mass is 16.5. The summed E-state index contributed by atoms with van der Waals surface area (Å²) in [5.74, 6) is 1.27. The van der Waals surface area contributed by atoms with Crippen molar-refractivity contribution in [1.29, 1.82) is 0 Å². The minimum Gasteiger partial charge on any atom is -0.480 e. The van der Waals surface area contributed by atoms with Crippen molar-refractivity contribution in [3.63, 3.8) is 0 Å². The fraction of sp³-hybridized carbons (Fsp3) is 0.389. The number of hydrogen-bond donors (Lipinski definition) is 1. The van der Waals surface area contributed by atoms with Gasteiger partial charge in [0.1, 0.15) is 5.75 Å². The Bertz CT molecular complexity index is 602. The molecule has 1 amide bonds. The number of rotatable bonds is 6. The van der Waals surface area contributed by atoms with Crippen LogP contribution in [0.15, 0.2) is 42.5 Å². The van der Waals surface area contributed by atoms with Crippen LogP contribution < -0.4 is 10.1 Å². The van der Waals surface area contributed by atoms with E-state index >= 15 is 0 Å². The maximum absolute atomic E-state index is 12.0. The zero-order valence-corrected chi connectivity index (χ0v) is 12.9. The van der Waals surface area contributed by atoms with Crippen LogP contribution in [-0.2, 0) is 4.79 Å². The summed E-state index contributed by atoms with van der Waals surface area (Å²) in [5, 5.41) is 5.06. The molecule has 0 fully saturated rings. The standard InChI is InChI=1S/C18H23NO2/c1-13(2)11-12-19-18(20)14(3)21-17-10-6-8-15-7-4-5-9-16(15)17/h4-10,13-14H,11-12H2,1-3H3,(H,19,20). The third kappa shape index (κ3) is 4.22. The molecule has 0 aliphatic carbocycles. The first-order chi connectivity index (χ1) is 10.1. The molecule has 112 valence electrons. The molecule has 0 aliphatic rings. The molecule has 1 atom stereocenters. The van der Waals surface area contributed by atoms with Crippen LogP contribution in [-0.4, -0.2) is 18.6 Å². The van der Waals surface area contributed by atoms with Gasteiger partial charge < -0.3 is 10.1 Å². The molecule has 0 saturated carbocycles. The quantitative estimate of drug-likeness (QED) is 0.877. The lowest BCUT2D eigenvalue weighted by Gasteiger charge is -2.16. The molecule has 3 heteroatoms. The van der Waals surface area contributed by atoms with Crippen molar-refractivity contribution in [2.45, 2.75) is 33.3 Å². The van der Waals surface area contributed by atoms with Crippen LogP contribution in [0.2, 0.25) is 0 Å². The molecule has 0 spiro atoms. The molecule has 0 saturated heterocycles. The lowest BCUT2D eigenvalue weighted by Crippen LogP contribution is -2.37. The third-order valence-electron chi connectivity index (χ3n) is 3.44. The Hall–Kier alpha value is -2.03. The first-order valence-electron chi connectivity index (χ1n) is 7.50. The van der Waals surface area contributed by atoms with Crippen LogP contribution in [0, 0.1) is 5.92 Å². The van der Waals surface area contributed by atoms with Gasteiger partial charge in [-0.3, -0.25) is 4.79 Å². The lowest BCUT2D eigenvalue weighted by atomic mass is 10.1. The molecule has 0 heterocycles. The molecule has 2 aromatic carbocycles. The van der Waals surface area contributed by atoms with Gasteiger partial charge in [-0.2, -0.15) is 0 Å². The fourth-order valence-electron chi connectivity index (χ4n) is 2.17. The average molecular weight is 285 g/mol. The summed E-state index contributed by atoms with van der Waals surface area (Å²) in [4.78, 5) is 12.0. The number of carbonyl (C=O) groups is 1. The lowest BCUT2D eigenvalue weighted by molar-refractivity contribution is -0.127.